The molecular formula is C18H14FN5S2. The molecule has 0 bridgehead atoms. The highest BCUT2D eigenvalue weighted by molar-refractivity contribution is 7.98. The molecule has 2 heterocycles. The van der Waals surface area contributed by atoms with Crippen LogP contribution < -0.4 is 0 Å². The second-order valence-corrected chi connectivity index (χ2v) is 7.28. The minimum Gasteiger partial charge on any atom is -0.269 e. The van der Waals surface area contributed by atoms with Crippen LogP contribution in [0.1, 0.15) is 11.3 Å². The number of hydrogen-bond acceptors (Lipinski definition) is 6. The minimum atomic E-state index is -0.236. The van der Waals surface area contributed by atoms with Crippen LogP contribution in [0.5, 0.6) is 0 Å². The molecule has 0 aliphatic rings. The van der Waals surface area contributed by atoms with Crippen molar-refractivity contribution in [2.75, 3.05) is 0 Å². The lowest BCUT2D eigenvalue weighted by molar-refractivity contribution is 0.626. The maximum Gasteiger partial charge on any atom is 0.196 e. The van der Waals surface area contributed by atoms with E-state index in [0.717, 1.165) is 27.0 Å². The minimum absolute atomic E-state index is 0.236. The highest BCUT2D eigenvalue weighted by atomic mass is 32.2. The molecule has 0 aliphatic heterocycles. The molecule has 5 nitrogen and oxygen atoms in total. The van der Waals surface area contributed by atoms with Gasteiger partial charge in [0.15, 0.2) is 11.0 Å². The van der Waals surface area contributed by atoms with Crippen molar-refractivity contribution in [1.82, 2.24) is 24.4 Å². The zero-order valence-corrected chi connectivity index (χ0v) is 15.5. The first kappa shape index (κ1) is 16.9. The second-order valence-electron chi connectivity index (χ2n) is 5.58. The Morgan fingerprint density at radius 1 is 1.04 bits per heavy atom. The fraction of sp³-hybridized carbons (Fsp3) is 0.111. The van der Waals surface area contributed by atoms with Gasteiger partial charge in [0.25, 0.3) is 0 Å². The molecule has 0 spiro atoms. The Hall–Kier alpha value is -2.58. The van der Waals surface area contributed by atoms with Gasteiger partial charge in [0, 0.05) is 11.4 Å². The molecule has 0 unspecified atom stereocenters. The Labute approximate surface area is 158 Å². The van der Waals surface area contributed by atoms with Crippen LogP contribution in [0, 0.1) is 12.7 Å². The third kappa shape index (κ3) is 3.38. The van der Waals surface area contributed by atoms with Gasteiger partial charge in [0.2, 0.25) is 0 Å². The van der Waals surface area contributed by atoms with Gasteiger partial charge in [0.1, 0.15) is 10.7 Å². The SMILES string of the molecule is Cc1nnsc1-c1nnc(SCc2cccc(F)c2)n1-c1ccccc1. The van der Waals surface area contributed by atoms with Crippen LogP contribution in [-0.4, -0.2) is 24.4 Å². The van der Waals surface area contributed by atoms with Crippen molar-refractivity contribution in [3.05, 3.63) is 71.7 Å². The van der Waals surface area contributed by atoms with Gasteiger partial charge in [-0.25, -0.2) is 4.39 Å². The lowest BCUT2D eigenvalue weighted by Gasteiger charge is -2.09. The van der Waals surface area contributed by atoms with Crippen molar-refractivity contribution < 1.29 is 4.39 Å². The van der Waals surface area contributed by atoms with Crippen LogP contribution in [0.15, 0.2) is 59.8 Å². The Morgan fingerprint density at radius 3 is 2.62 bits per heavy atom. The van der Waals surface area contributed by atoms with E-state index >= 15 is 0 Å². The molecule has 0 aliphatic carbocycles. The molecule has 4 aromatic rings. The zero-order chi connectivity index (χ0) is 17.9. The molecule has 2 aromatic carbocycles. The third-order valence-corrected chi connectivity index (χ3v) is 5.58. The summed E-state index contributed by atoms with van der Waals surface area (Å²) in [6.07, 6.45) is 0. The summed E-state index contributed by atoms with van der Waals surface area (Å²) in [6, 6.07) is 16.5. The Balaban J connectivity index is 1.73. The lowest BCUT2D eigenvalue weighted by Crippen LogP contribution is -1.99. The van der Waals surface area contributed by atoms with Crippen LogP contribution in [-0.2, 0) is 5.75 Å². The van der Waals surface area contributed by atoms with E-state index in [0.29, 0.717) is 11.6 Å². The summed E-state index contributed by atoms with van der Waals surface area (Å²) in [5.41, 5.74) is 2.68. The lowest BCUT2D eigenvalue weighted by atomic mass is 10.2. The monoisotopic (exact) mass is 383 g/mol. The van der Waals surface area contributed by atoms with Crippen LogP contribution in [0.2, 0.25) is 0 Å². The van der Waals surface area contributed by atoms with Crippen molar-refractivity contribution in [3.8, 4) is 16.4 Å². The molecular weight excluding hydrogens is 369 g/mol. The number of rotatable bonds is 5. The highest BCUT2D eigenvalue weighted by Crippen LogP contribution is 2.32. The van der Waals surface area contributed by atoms with E-state index in [2.05, 4.69) is 19.8 Å². The van der Waals surface area contributed by atoms with Gasteiger partial charge in [-0.05, 0) is 48.3 Å². The maximum atomic E-state index is 13.4. The van der Waals surface area contributed by atoms with Gasteiger partial charge >= 0.3 is 0 Å². The number of thioether (sulfide) groups is 1. The van der Waals surface area contributed by atoms with E-state index in [9.17, 15) is 4.39 Å². The molecule has 4 rings (SSSR count). The molecule has 8 heteroatoms. The number of para-hydroxylation sites is 1. The average molecular weight is 383 g/mol. The van der Waals surface area contributed by atoms with E-state index in [1.807, 2.05) is 47.9 Å². The Morgan fingerprint density at radius 2 is 1.88 bits per heavy atom. The van der Waals surface area contributed by atoms with Crippen molar-refractivity contribution >= 4 is 23.3 Å². The third-order valence-electron chi connectivity index (χ3n) is 3.76. The summed E-state index contributed by atoms with van der Waals surface area (Å²) in [7, 11) is 0. The predicted octanol–water partition coefficient (Wildman–Crippen LogP) is 4.53. The van der Waals surface area contributed by atoms with E-state index < -0.39 is 0 Å². The fourth-order valence-corrected chi connectivity index (χ4v) is 4.06. The first-order valence-electron chi connectivity index (χ1n) is 7.90. The van der Waals surface area contributed by atoms with Crippen molar-refractivity contribution in [3.63, 3.8) is 0 Å². The smallest absolute Gasteiger partial charge is 0.196 e. The molecule has 2 aromatic heterocycles. The van der Waals surface area contributed by atoms with E-state index in [-0.39, 0.29) is 5.82 Å². The summed E-state index contributed by atoms with van der Waals surface area (Å²) in [6.45, 7) is 1.91. The quantitative estimate of drug-likeness (QED) is 0.474. The molecule has 26 heavy (non-hydrogen) atoms. The molecule has 0 amide bonds. The number of aromatic nitrogens is 5. The van der Waals surface area contributed by atoms with Crippen LogP contribution in [0.4, 0.5) is 4.39 Å². The van der Waals surface area contributed by atoms with Crippen LogP contribution >= 0.6 is 23.3 Å². The molecule has 0 saturated heterocycles. The highest BCUT2D eigenvalue weighted by Gasteiger charge is 2.19. The first-order valence-corrected chi connectivity index (χ1v) is 9.65. The Kier molecular flexibility index (Phi) is 4.77. The molecule has 0 N–H and O–H groups in total. The van der Waals surface area contributed by atoms with Gasteiger partial charge in [-0.15, -0.1) is 15.3 Å². The molecule has 0 fully saturated rings. The summed E-state index contributed by atoms with van der Waals surface area (Å²) in [5, 5.41) is 13.6. The van der Waals surface area contributed by atoms with E-state index in [4.69, 9.17) is 0 Å². The predicted molar refractivity (Wildman–Crippen MR) is 101 cm³/mol. The number of halogens is 1. The summed E-state index contributed by atoms with van der Waals surface area (Å²) >= 11 is 2.81. The maximum absolute atomic E-state index is 13.4. The molecule has 0 radical (unpaired) electrons. The van der Waals surface area contributed by atoms with Gasteiger partial charge in [-0.2, -0.15) is 0 Å². The molecule has 130 valence electrons. The second kappa shape index (κ2) is 7.35. The fourth-order valence-electron chi connectivity index (χ4n) is 2.53. The summed E-state index contributed by atoms with van der Waals surface area (Å²) in [5.74, 6) is 1.08. The summed E-state index contributed by atoms with van der Waals surface area (Å²) < 4.78 is 19.4. The van der Waals surface area contributed by atoms with Gasteiger partial charge in [0.05, 0.1) is 5.69 Å². The number of nitrogens with zero attached hydrogens (tertiary/aromatic N) is 5. The number of hydrogen-bond donors (Lipinski definition) is 0. The largest absolute Gasteiger partial charge is 0.269 e. The van der Waals surface area contributed by atoms with Crippen LogP contribution in [0.25, 0.3) is 16.4 Å². The Bertz CT molecular complexity index is 1030. The average Bonchev–Trinajstić information content (AvgIpc) is 3.26. The number of aryl methyl sites for hydroxylation is 1. The normalized spacial score (nSPS) is 11.0. The zero-order valence-electron chi connectivity index (χ0n) is 13.8. The van der Waals surface area contributed by atoms with Crippen molar-refractivity contribution in [1.29, 1.82) is 0 Å². The standard InChI is InChI=1S/C18H14FN5S2/c1-12-16(26-23-20-12)17-21-22-18(24(17)15-8-3-2-4-9-15)25-11-13-6-5-7-14(19)10-13/h2-10H,11H2,1H3. The topological polar surface area (TPSA) is 56.5 Å². The van der Waals surface area contributed by atoms with Gasteiger partial charge in [-0.1, -0.05) is 46.6 Å². The summed E-state index contributed by atoms with van der Waals surface area (Å²) in [4.78, 5) is 0.888. The van der Waals surface area contributed by atoms with Crippen molar-refractivity contribution in [2.45, 2.75) is 17.8 Å². The van der Waals surface area contributed by atoms with E-state index in [1.165, 1.54) is 35.4 Å². The first-order chi connectivity index (χ1) is 12.7. The molecule has 0 atom stereocenters. The van der Waals surface area contributed by atoms with Crippen molar-refractivity contribution in [2.24, 2.45) is 0 Å². The van der Waals surface area contributed by atoms with Gasteiger partial charge in [-0.3, -0.25) is 4.57 Å². The van der Waals surface area contributed by atoms with Gasteiger partial charge < -0.3 is 0 Å². The molecule has 0 saturated carbocycles. The number of benzene rings is 2. The van der Waals surface area contributed by atoms with Crippen LogP contribution in [0.3, 0.4) is 0 Å². The van der Waals surface area contributed by atoms with E-state index in [1.54, 1.807) is 6.07 Å².